The topological polar surface area (TPSA) is 40.5 Å². The molecule has 0 unspecified atom stereocenters. The fraction of sp³-hybridized carbons (Fsp3) is 0.308. The number of halogens is 4. The molecule has 0 atom stereocenters. The Morgan fingerprint density at radius 1 is 1.30 bits per heavy atom. The standard InChI is InChI=1S/C13H11F4NO2/c14-9-2-1-3-10(19)11(9)12(20)18-6-4-8(5-7-18)13(15,16)17/h1-4,19H,5-7H2. The first-order valence-corrected chi connectivity index (χ1v) is 5.83. The number of hydrogen-bond acceptors (Lipinski definition) is 2. The predicted octanol–water partition coefficient (Wildman–Crippen LogP) is 2.87. The van der Waals surface area contributed by atoms with Gasteiger partial charge in [0.05, 0.1) is 0 Å². The van der Waals surface area contributed by atoms with Gasteiger partial charge in [0.1, 0.15) is 17.1 Å². The lowest BCUT2D eigenvalue weighted by atomic mass is 10.1. The summed E-state index contributed by atoms with van der Waals surface area (Å²) in [4.78, 5) is 13.1. The number of nitrogens with zero attached hydrogens (tertiary/aromatic N) is 1. The van der Waals surface area contributed by atoms with Crippen LogP contribution in [0.1, 0.15) is 16.8 Å². The van der Waals surface area contributed by atoms with Crippen LogP contribution in [0, 0.1) is 5.82 Å². The molecule has 1 aliphatic rings. The van der Waals surface area contributed by atoms with Crippen molar-refractivity contribution in [3.05, 3.63) is 41.2 Å². The normalized spacial score (nSPS) is 16.0. The van der Waals surface area contributed by atoms with Gasteiger partial charge in [0, 0.05) is 18.7 Å². The molecule has 0 saturated carbocycles. The molecule has 0 aliphatic carbocycles. The molecule has 1 aromatic carbocycles. The molecule has 1 heterocycles. The van der Waals surface area contributed by atoms with E-state index in [1.807, 2.05) is 0 Å². The van der Waals surface area contributed by atoms with Crippen LogP contribution in [-0.2, 0) is 0 Å². The molecule has 1 N–H and O–H groups in total. The van der Waals surface area contributed by atoms with Crippen LogP contribution in [0.5, 0.6) is 5.75 Å². The Balaban J connectivity index is 2.19. The summed E-state index contributed by atoms with van der Waals surface area (Å²) in [5, 5.41) is 9.49. The van der Waals surface area contributed by atoms with E-state index in [0.29, 0.717) is 0 Å². The highest BCUT2D eigenvalue weighted by atomic mass is 19.4. The molecule has 7 heteroatoms. The van der Waals surface area contributed by atoms with Gasteiger partial charge in [0.25, 0.3) is 5.91 Å². The average Bonchev–Trinajstić information content (AvgIpc) is 2.37. The molecule has 20 heavy (non-hydrogen) atoms. The minimum atomic E-state index is -4.41. The number of rotatable bonds is 1. The molecule has 0 saturated heterocycles. The van der Waals surface area contributed by atoms with E-state index in [2.05, 4.69) is 0 Å². The highest BCUT2D eigenvalue weighted by Gasteiger charge is 2.36. The van der Waals surface area contributed by atoms with E-state index < -0.39 is 34.8 Å². The van der Waals surface area contributed by atoms with Gasteiger partial charge in [-0.05, 0) is 18.6 Å². The number of hydrogen-bond donors (Lipinski definition) is 1. The third kappa shape index (κ3) is 2.76. The molecule has 0 fully saturated rings. The number of aromatic hydroxyl groups is 1. The van der Waals surface area contributed by atoms with Crippen LogP contribution < -0.4 is 0 Å². The maximum Gasteiger partial charge on any atom is 0.412 e. The third-order valence-electron chi connectivity index (χ3n) is 3.07. The van der Waals surface area contributed by atoms with Crippen molar-refractivity contribution in [3.8, 4) is 5.75 Å². The molecule has 3 nitrogen and oxygen atoms in total. The van der Waals surface area contributed by atoms with Crippen LogP contribution in [0.4, 0.5) is 17.6 Å². The number of amides is 1. The number of carbonyl (C=O) groups is 1. The summed E-state index contributed by atoms with van der Waals surface area (Å²) in [5.41, 5.74) is -1.21. The summed E-state index contributed by atoms with van der Waals surface area (Å²) in [5.74, 6) is -2.25. The van der Waals surface area contributed by atoms with Crippen molar-refractivity contribution >= 4 is 5.91 Å². The van der Waals surface area contributed by atoms with Crippen LogP contribution in [0.25, 0.3) is 0 Å². The molecular weight excluding hydrogens is 278 g/mol. The summed E-state index contributed by atoms with van der Waals surface area (Å²) in [7, 11) is 0. The second-order valence-electron chi connectivity index (χ2n) is 4.36. The smallest absolute Gasteiger partial charge is 0.412 e. The molecule has 108 valence electrons. The van der Waals surface area contributed by atoms with Crippen LogP contribution >= 0.6 is 0 Å². The van der Waals surface area contributed by atoms with Gasteiger partial charge in [-0.1, -0.05) is 12.1 Å². The quantitative estimate of drug-likeness (QED) is 0.638. The summed E-state index contributed by atoms with van der Waals surface area (Å²) >= 11 is 0. The van der Waals surface area contributed by atoms with Crippen molar-refractivity contribution in [2.24, 2.45) is 0 Å². The Bertz CT molecular complexity index is 546. The Labute approximate surface area is 112 Å². The van der Waals surface area contributed by atoms with Crippen molar-refractivity contribution in [1.82, 2.24) is 4.90 Å². The number of phenolic OH excluding ortho intramolecular Hbond substituents is 1. The summed E-state index contributed by atoms with van der Waals surface area (Å²) in [6.45, 7) is -0.431. The van der Waals surface area contributed by atoms with E-state index >= 15 is 0 Å². The zero-order chi connectivity index (χ0) is 14.9. The molecule has 1 aliphatic heterocycles. The minimum Gasteiger partial charge on any atom is -0.507 e. The Morgan fingerprint density at radius 2 is 2.00 bits per heavy atom. The zero-order valence-corrected chi connectivity index (χ0v) is 10.2. The minimum absolute atomic E-state index is 0.169. The number of alkyl halides is 3. The molecule has 0 radical (unpaired) electrons. The number of carbonyl (C=O) groups excluding carboxylic acids is 1. The molecular formula is C13H11F4NO2. The van der Waals surface area contributed by atoms with Crippen molar-refractivity contribution in [1.29, 1.82) is 0 Å². The van der Waals surface area contributed by atoms with Crippen molar-refractivity contribution < 1.29 is 27.5 Å². The molecule has 0 spiro atoms. The van der Waals surface area contributed by atoms with Gasteiger partial charge < -0.3 is 10.0 Å². The molecule has 1 amide bonds. The Hall–Kier alpha value is -2.05. The Morgan fingerprint density at radius 3 is 2.50 bits per heavy atom. The van der Waals surface area contributed by atoms with Gasteiger partial charge in [-0.15, -0.1) is 0 Å². The van der Waals surface area contributed by atoms with Crippen LogP contribution in [0.3, 0.4) is 0 Å². The van der Waals surface area contributed by atoms with Crippen molar-refractivity contribution in [2.45, 2.75) is 12.6 Å². The predicted molar refractivity (Wildman–Crippen MR) is 62.7 cm³/mol. The second kappa shape index (κ2) is 5.15. The van der Waals surface area contributed by atoms with Gasteiger partial charge in [0.15, 0.2) is 0 Å². The average molecular weight is 289 g/mol. The van der Waals surface area contributed by atoms with Gasteiger partial charge in [-0.2, -0.15) is 13.2 Å². The fourth-order valence-corrected chi connectivity index (χ4v) is 1.99. The lowest BCUT2D eigenvalue weighted by Crippen LogP contribution is -2.37. The van der Waals surface area contributed by atoms with Gasteiger partial charge in [0.2, 0.25) is 0 Å². The summed E-state index contributed by atoms with van der Waals surface area (Å²) < 4.78 is 50.9. The maximum absolute atomic E-state index is 13.5. The number of benzene rings is 1. The summed E-state index contributed by atoms with van der Waals surface area (Å²) in [6.07, 6.45) is -3.85. The van der Waals surface area contributed by atoms with Crippen LogP contribution in [0.15, 0.2) is 29.8 Å². The van der Waals surface area contributed by atoms with E-state index in [1.165, 1.54) is 6.07 Å². The first-order chi connectivity index (χ1) is 9.30. The first-order valence-electron chi connectivity index (χ1n) is 5.83. The highest BCUT2D eigenvalue weighted by molar-refractivity contribution is 5.97. The van der Waals surface area contributed by atoms with E-state index in [1.54, 1.807) is 0 Å². The van der Waals surface area contributed by atoms with Gasteiger partial charge in [-0.3, -0.25) is 4.79 Å². The van der Waals surface area contributed by atoms with E-state index in [0.717, 1.165) is 23.1 Å². The fourth-order valence-electron chi connectivity index (χ4n) is 1.99. The van der Waals surface area contributed by atoms with E-state index in [9.17, 15) is 27.5 Å². The zero-order valence-electron chi connectivity index (χ0n) is 10.2. The molecule has 1 aromatic rings. The van der Waals surface area contributed by atoms with Crippen LogP contribution in [0.2, 0.25) is 0 Å². The van der Waals surface area contributed by atoms with E-state index in [-0.39, 0.29) is 19.5 Å². The highest BCUT2D eigenvalue weighted by Crippen LogP contribution is 2.31. The largest absolute Gasteiger partial charge is 0.507 e. The van der Waals surface area contributed by atoms with Gasteiger partial charge in [-0.25, -0.2) is 4.39 Å². The monoisotopic (exact) mass is 289 g/mol. The van der Waals surface area contributed by atoms with Crippen molar-refractivity contribution in [2.75, 3.05) is 13.1 Å². The lowest BCUT2D eigenvalue weighted by molar-refractivity contribution is -0.0957. The molecule has 2 rings (SSSR count). The molecule has 0 bridgehead atoms. The SMILES string of the molecule is O=C(c1c(O)cccc1F)N1CC=C(C(F)(F)F)CC1. The number of phenols is 1. The maximum atomic E-state index is 13.5. The second-order valence-corrected chi connectivity index (χ2v) is 4.36. The lowest BCUT2D eigenvalue weighted by Gasteiger charge is -2.27. The first kappa shape index (κ1) is 14.4. The van der Waals surface area contributed by atoms with E-state index in [4.69, 9.17) is 0 Å². The van der Waals surface area contributed by atoms with Crippen LogP contribution in [-0.4, -0.2) is 35.2 Å². The third-order valence-corrected chi connectivity index (χ3v) is 3.07. The summed E-state index contributed by atoms with van der Waals surface area (Å²) in [6, 6.07) is 3.39. The van der Waals surface area contributed by atoms with Gasteiger partial charge >= 0.3 is 6.18 Å². The Kier molecular flexibility index (Phi) is 3.69. The van der Waals surface area contributed by atoms with Crippen molar-refractivity contribution in [3.63, 3.8) is 0 Å². The molecule has 0 aromatic heterocycles.